The van der Waals surface area contributed by atoms with E-state index >= 15 is 0 Å². The van der Waals surface area contributed by atoms with Gasteiger partial charge in [-0.3, -0.25) is 9.59 Å². The molecule has 5 nitrogen and oxygen atoms in total. The normalized spacial score (nSPS) is 28.1. The maximum atomic E-state index is 12.4. The maximum Gasteiger partial charge on any atom is 0.303 e. The summed E-state index contributed by atoms with van der Waals surface area (Å²) in [5.74, 6) is -0.172. The van der Waals surface area contributed by atoms with Crippen molar-refractivity contribution in [1.29, 1.82) is 0 Å². The number of carboxylic acids is 1. The second-order valence-electron chi connectivity index (χ2n) is 5.64. The quantitative estimate of drug-likeness (QED) is 0.840. The number of hydrogen-bond donors (Lipinski definition) is 1. The molecular weight excluding hydrogens is 246 g/mol. The summed E-state index contributed by atoms with van der Waals surface area (Å²) >= 11 is 0. The minimum absolute atomic E-state index is 0.0203. The van der Waals surface area contributed by atoms with E-state index in [0.717, 1.165) is 45.4 Å². The number of carbonyl (C=O) groups excluding carboxylic acids is 1. The zero-order valence-electron chi connectivity index (χ0n) is 11.3. The first-order chi connectivity index (χ1) is 9.16. The lowest BCUT2D eigenvalue weighted by atomic mass is 9.91. The first kappa shape index (κ1) is 14.3. The summed E-state index contributed by atoms with van der Waals surface area (Å²) in [6.45, 7) is 2.86. The largest absolute Gasteiger partial charge is 0.481 e. The van der Waals surface area contributed by atoms with Crippen molar-refractivity contribution in [1.82, 2.24) is 4.90 Å². The van der Waals surface area contributed by atoms with Gasteiger partial charge in [-0.25, -0.2) is 0 Å². The Kier molecular flexibility index (Phi) is 5.19. The van der Waals surface area contributed by atoms with Crippen LogP contribution in [0, 0.1) is 11.8 Å². The van der Waals surface area contributed by atoms with E-state index in [0.29, 0.717) is 18.9 Å². The fraction of sp³-hybridized carbons (Fsp3) is 0.857. The van der Waals surface area contributed by atoms with Gasteiger partial charge in [0.2, 0.25) is 5.91 Å². The molecule has 2 heterocycles. The van der Waals surface area contributed by atoms with Crippen LogP contribution < -0.4 is 0 Å². The van der Waals surface area contributed by atoms with E-state index in [1.54, 1.807) is 0 Å². The van der Waals surface area contributed by atoms with Gasteiger partial charge < -0.3 is 14.7 Å². The van der Waals surface area contributed by atoms with Crippen molar-refractivity contribution in [2.24, 2.45) is 11.8 Å². The standard InChI is InChI=1S/C14H23NO4/c16-13(17)6-5-11-3-1-7-15(9-11)14(18)12-4-2-8-19-10-12/h11-12H,1-10H2,(H,16,17). The summed E-state index contributed by atoms with van der Waals surface area (Å²) in [5, 5.41) is 8.73. The van der Waals surface area contributed by atoms with Crippen LogP contribution in [0.25, 0.3) is 0 Å². The van der Waals surface area contributed by atoms with Gasteiger partial charge >= 0.3 is 5.97 Å². The van der Waals surface area contributed by atoms with Crippen LogP contribution in [0.3, 0.4) is 0 Å². The van der Waals surface area contributed by atoms with Crippen LogP contribution in [0.15, 0.2) is 0 Å². The third-order valence-corrected chi connectivity index (χ3v) is 4.11. The molecule has 1 N–H and O–H groups in total. The third kappa shape index (κ3) is 4.20. The molecule has 2 atom stereocenters. The van der Waals surface area contributed by atoms with Gasteiger partial charge in [0.05, 0.1) is 12.5 Å². The van der Waals surface area contributed by atoms with Crippen LogP contribution in [0.5, 0.6) is 0 Å². The predicted octanol–water partition coefficient (Wildman–Crippen LogP) is 1.52. The molecule has 2 rings (SSSR count). The van der Waals surface area contributed by atoms with Crippen LogP contribution in [-0.2, 0) is 14.3 Å². The van der Waals surface area contributed by atoms with E-state index in [-0.39, 0.29) is 18.2 Å². The first-order valence-electron chi connectivity index (χ1n) is 7.25. The lowest BCUT2D eigenvalue weighted by Crippen LogP contribution is -2.45. The Morgan fingerprint density at radius 2 is 2.11 bits per heavy atom. The summed E-state index contributed by atoms with van der Waals surface area (Å²) < 4.78 is 5.37. The topological polar surface area (TPSA) is 66.8 Å². The molecule has 0 bridgehead atoms. The van der Waals surface area contributed by atoms with Crippen LogP contribution in [0.2, 0.25) is 0 Å². The number of rotatable bonds is 4. The minimum Gasteiger partial charge on any atom is -0.481 e. The maximum absolute atomic E-state index is 12.4. The molecule has 2 aliphatic heterocycles. The van der Waals surface area contributed by atoms with Gasteiger partial charge in [-0.2, -0.15) is 0 Å². The number of amides is 1. The molecule has 2 fully saturated rings. The van der Waals surface area contributed by atoms with E-state index in [4.69, 9.17) is 9.84 Å². The highest BCUT2D eigenvalue weighted by Crippen LogP contribution is 2.24. The molecule has 5 heteroatoms. The zero-order chi connectivity index (χ0) is 13.7. The Bertz CT molecular complexity index is 325. The van der Waals surface area contributed by atoms with Gasteiger partial charge in [0.25, 0.3) is 0 Å². The Morgan fingerprint density at radius 3 is 2.79 bits per heavy atom. The molecule has 108 valence electrons. The highest BCUT2D eigenvalue weighted by molar-refractivity contribution is 5.79. The van der Waals surface area contributed by atoms with Gasteiger partial charge in [-0.15, -0.1) is 0 Å². The minimum atomic E-state index is -0.746. The van der Waals surface area contributed by atoms with Gasteiger partial charge in [0.1, 0.15) is 0 Å². The van der Waals surface area contributed by atoms with Crippen molar-refractivity contribution in [2.75, 3.05) is 26.3 Å². The summed E-state index contributed by atoms with van der Waals surface area (Å²) in [4.78, 5) is 24.9. The molecule has 0 aliphatic carbocycles. The molecule has 19 heavy (non-hydrogen) atoms. The third-order valence-electron chi connectivity index (χ3n) is 4.11. The Hall–Kier alpha value is -1.10. The smallest absolute Gasteiger partial charge is 0.303 e. The molecular formula is C14H23NO4. The number of piperidine rings is 1. The van der Waals surface area contributed by atoms with Crippen LogP contribution in [0.4, 0.5) is 0 Å². The van der Waals surface area contributed by atoms with Crippen LogP contribution in [-0.4, -0.2) is 48.2 Å². The second kappa shape index (κ2) is 6.89. The Balaban J connectivity index is 1.82. The number of ether oxygens (including phenoxy) is 1. The molecule has 0 aromatic rings. The van der Waals surface area contributed by atoms with Crippen molar-refractivity contribution < 1.29 is 19.4 Å². The fourth-order valence-electron chi connectivity index (χ4n) is 3.02. The fourth-order valence-corrected chi connectivity index (χ4v) is 3.02. The monoisotopic (exact) mass is 269 g/mol. The van der Waals surface area contributed by atoms with E-state index in [2.05, 4.69) is 0 Å². The summed E-state index contributed by atoms with van der Waals surface area (Å²) in [6, 6.07) is 0. The van der Waals surface area contributed by atoms with E-state index in [9.17, 15) is 9.59 Å². The predicted molar refractivity (Wildman–Crippen MR) is 69.7 cm³/mol. The van der Waals surface area contributed by atoms with Crippen molar-refractivity contribution in [3.05, 3.63) is 0 Å². The Morgan fingerprint density at radius 1 is 1.26 bits per heavy atom. The molecule has 1 amide bonds. The molecule has 0 saturated carbocycles. The van der Waals surface area contributed by atoms with Crippen molar-refractivity contribution in [3.63, 3.8) is 0 Å². The Labute approximate surface area is 113 Å². The molecule has 2 saturated heterocycles. The van der Waals surface area contributed by atoms with Gasteiger partial charge in [-0.1, -0.05) is 0 Å². The lowest BCUT2D eigenvalue weighted by Gasteiger charge is -2.35. The SMILES string of the molecule is O=C(O)CCC1CCCN(C(=O)C2CCCOC2)C1. The number of nitrogens with zero attached hydrogens (tertiary/aromatic N) is 1. The summed E-state index contributed by atoms with van der Waals surface area (Å²) in [7, 11) is 0. The van der Waals surface area contributed by atoms with E-state index in [1.807, 2.05) is 4.90 Å². The van der Waals surface area contributed by atoms with Crippen molar-refractivity contribution in [3.8, 4) is 0 Å². The highest BCUT2D eigenvalue weighted by Gasteiger charge is 2.30. The van der Waals surface area contributed by atoms with E-state index < -0.39 is 5.97 Å². The van der Waals surface area contributed by atoms with E-state index in [1.165, 1.54) is 0 Å². The number of likely N-dealkylation sites (tertiary alicyclic amines) is 1. The molecule has 0 aromatic heterocycles. The van der Waals surface area contributed by atoms with Gasteiger partial charge in [0, 0.05) is 26.1 Å². The van der Waals surface area contributed by atoms with Crippen molar-refractivity contribution in [2.45, 2.75) is 38.5 Å². The average molecular weight is 269 g/mol. The molecule has 2 aliphatic rings. The molecule has 2 unspecified atom stereocenters. The second-order valence-corrected chi connectivity index (χ2v) is 5.64. The summed E-state index contributed by atoms with van der Waals surface area (Å²) in [5.41, 5.74) is 0. The van der Waals surface area contributed by atoms with Crippen molar-refractivity contribution >= 4 is 11.9 Å². The summed E-state index contributed by atoms with van der Waals surface area (Å²) in [6.07, 6.45) is 4.81. The number of carboxylic acid groups (broad SMARTS) is 1. The zero-order valence-corrected chi connectivity index (χ0v) is 11.3. The molecule has 0 radical (unpaired) electrons. The number of carbonyl (C=O) groups is 2. The van der Waals surface area contributed by atoms with Gasteiger partial charge in [-0.05, 0) is 38.0 Å². The highest BCUT2D eigenvalue weighted by atomic mass is 16.5. The molecule has 0 spiro atoms. The lowest BCUT2D eigenvalue weighted by molar-refractivity contribution is -0.141. The average Bonchev–Trinajstić information content (AvgIpc) is 2.45. The van der Waals surface area contributed by atoms with Crippen LogP contribution in [0.1, 0.15) is 38.5 Å². The first-order valence-corrected chi connectivity index (χ1v) is 7.25. The van der Waals surface area contributed by atoms with Gasteiger partial charge in [0.15, 0.2) is 0 Å². The number of aliphatic carboxylic acids is 1. The molecule has 0 aromatic carbocycles. The van der Waals surface area contributed by atoms with Crippen LogP contribution >= 0.6 is 0 Å². The number of hydrogen-bond acceptors (Lipinski definition) is 3.